The molecule has 0 aliphatic carbocycles. The molecule has 1 fully saturated rings. The van der Waals surface area contributed by atoms with Crippen molar-refractivity contribution in [3.05, 3.63) is 53.7 Å². The van der Waals surface area contributed by atoms with Gasteiger partial charge in [0.05, 0.1) is 5.69 Å². The van der Waals surface area contributed by atoms with Crippen LogP contribution in [0.5, 0.6) is 0 Å². The number of hydrogen-bond acceptors (Lipinski definition) is 3. The fourth-order valence-electron chi connectivity index (χ4n) is 2.64. The van der Waals surface area contributed by atoms with Crippen LogP contribution in [0.25, 0.3) is 0 Å². The lowest BCUT2D eigenvalue weighted by molar-refractivity contribution is 0.102. The van der Waals surface area contributed by atoms with E-state index in [2.05, 4.69) is 15.2 Å². The second-order valence-corrected chi connectivity index (χ2v) is 5.53. The van der Waals surface area contributed by atoms with Crippen LogP contribution in [0.15, 0.2) is 36.5 Å². The number of nitrogens with zero attached hydrogens (tertiary/aromatic N) is 2. The van der Waals surface area contributed by atoms with E-state index in [1.807, 2.05) is 0 Å². The second kappa shape index (κ2) is 6.73. The number of halogens is 2. The molecule has 0 spiro atoms. The first-order valence-corrected chi connectivity index (χ1v) is 7.61. The molecule has 1 amide bonds. The molecular formula is C17H17F2N3O. The van der Waals surface area contributed by atoms with Gasteiger partial charge in [-0.25, -0.2) is 13.8 Å². The van der Waals surface area contributed by atoms with Crippen molar-refractivity contribution in [3.8, 4) is 0 Å². The van der Waals surface area contributed by atoms with Crippen molar-refractivity contribution in [3.63, 3.8) is 0 Å². The van der Waals surface area contributed by atoms with E-state index in [4.69, 9.17) is 0 Å². The normalized spacial score (nSPS) is 14.6. The summed E-state index contributed by atoms with van der Waals surface area (Å²) in [5, 5.41) is 2.40. The van der Waals surface area contributed by atoms with Gasteiger partial charge in [0.15, 0.2) is 0 Å². The highest BCUT2D eigenvalue weighted by Gasteiger charge is 2.15. The first kappa shape index (κ1) is 15.4. The molecule has 23 heavy (non-hydrogen) atoms. The van der Waals surface area contributed by atoms with Crippen molar-refractivity contribution in [1.29, 1.82) is 0 Å². The zero-order chi connectivity index (χ0) is 16.2. The quantitative estimate of drug-likeness (QED) is 0.941. The first-order valence-electron chi connectivity index (χ1n) is 7.61. The molecule has 1 aliphatic rings. The minimum absolute atomic E-state index is 0.175. The first-order chi connectivity index (χ1) is 11.1. The number of piperidine rings is 1. The predicted octanol–water partition coefficient (Wildman–Crippen LogP) is 3.60. The van der Waals surface area contributed by atoms with Crippen molar-refractivity contribution in [2.45, 2.75) is 19.3 Å². The van der Waals surface area contributed by atoms with Crippen LogP contribution in [0, 0.1) is 11.6 Å². The highest BCUT2D eigenvalue weighted by Crippen LogP contribution is 2.20. The third-order valence-electron chi connectivity index (χ3n) is 3.86. The summed E-state index contributed by atoms with van der Waals surface area (Å²) in [4.78, 5) is 18.7. The standard InChI is InChI=1S/C17H17F2N3O/c18-13-4-5-14(19)15(11-13)21-17(23)12-6-7-20-16(10-12)22-8-2-1-3-9-22/h4-7,10-11H,1-3,8-9H2,(H,21,23). The van der Waals surface area contributed by atoms with Gasteiger partial charge in [-0.1, -0.05) is 0 Å². The van der Waals surface area contributed by atoms with Gasteiger partial charge < -0.3 is 10.2 Å². The molecule has 1 aliphatic heterocycles. The van der Waals surface area contributed by atoms with Crippen molar-refractivity contribution in [2.24, 2.45) is 0 Å². The van der Waals surface area contributed by atoms with Crippen molar-refractivity contribution >= 4 is 17.4 Å². The number of aromatic nitrogens is 1. The Morgan fingerprint density at radius 3 is 2.65 bits per heavy atom. The van der Waals surface area contributed by atoms with E-state index >= 15 is 0 Å². The van der Waals surface area contributed by atoms with Crippen LogP contribution in [0.1, 0.15) is 29.6 Å². The minimum atomic E-state index is -0.676. The van der Waals surface area contributed by atoms with E-state index in [0.29, 0.717) is 5.56 Å². The molecule has 0 bridgehead atoms. The van der Waals surface area contributed by atoms with Gasteiger partial charge in [0.25, 0.3) is 5.91 Å². The fraction of sp³-hybridized carbons (Fsp3) is 0.294. The van der Waals surface area contributed by atoms with Gasteiger partial charge >= 0.3 is 0 Å². The summed E-state index contributed by atoms with van der Waals surface area (Å²) in [5.41, 5.74) is 0.190. The van der Waals surface area contributed by atoms with Gasteiger partial charge in [-0.3, -0.25) is 4.79 Å². The minimum Gasteiger partial charge on any atom is -0.357 e. The molecule has 0 atom stereocenters. The number of carbonyl (C=O) groups is 1. The Labute approximate surface area is 133 Å². The lowest BCUT2D eigenvalue weighted by atomic mass is 10.1. The molecule has 2 aromatic rings. The van der Waals surface area contributed by atoms with Crippen LogP contribution in [0.2, 0.25) is 0 Å². The summed E-state index contributed by atoms with van der Waals surface area (Å²) in [5.74, 6) is -1.04. The Kier molecular flexibility index (Phi) is 4.50. The van der Waals surface area contributed by atoms with E-state index < -0.39 is 17.5 Å². The lowest BCUT2D eigenvalue weighted by Crippen LogP contribution is -2.30. The predicted molar refractivity (Wildman–Crippen MR) is 84.6 cm³/mol. The molecule has 6 heteroatoms. The molecule has 4 nitrogen and oxygen atoms in total. The summed E-state index contributed by atoms with van der Waals surface area (Å²) in [6.07, 6.45) is 4.97. The van der Waals surface area contributed by atoms with E-state index in [-0.39, 0.29) is 5.69 Å². The smallest absolute Gasteiger partial charge is 0.255 e. The van der Waals surface area contributed by atoms with E-state index in [0.717, 1.165) is 49.9 Å². The number of rotatable bonds is 3. The van der Waals surface area contributed by atoms with Crippen LogP contribution in [0.4, 0.5) is 20.3 Å². The Morgan fingerprint density at radius 2 is 1.87 bits per heavy atom. The Balaban J connectivity index is 1.78. The SMILES string of the molecule is O=C(Nc1cc(F)ccc1F)c1ccnc(N2CCCCC2)c1. The highest BCUT2D eigenvalue weighted by atomic mass is 19.1. The highest BCUT2D eigenvalue weighted by molar-refractivity contribution is 6.04. The third kappa shape index (κ3) is 3.64. The number of hydrogen-bond donors (Lipinski definition) is 1. The molecule has 3 rings (SSSR count). The molecule has 2 heterocycles. The lowest BCUT2D eigenvalue weighted by Gasteiger charge is -2.27. The van der Waals surface area contributed by atoms with Crippen molar-refractivity contribution < 1.29 is 13.6 Å². The number of benzene rings is 1. The zero-order valence-corrected chi connectivity index (χ0v) is 12.6. The Bertz CT molecular complexity index is 715. The molecule has 1 aromatic heterocycles. The monoisotopic (exact) mass is 317 g/mol. The van der Waals surface area contributed by atoms with Gasteiger partial charge in [0, 0.05) is 30.9 Å². The maximum absolute atomic E-state index is 13.6. The average molecular weight is 317 g/mol. The summed E-state index contributed by atoms with van der Waals surface area (Å²) >= 11 is 0. The molecule has 0 radical (unpaired) electrons. The molecule has 120 valence electrons. The summed E-state index contributed by atoms with van der Waals surface area (Å²) in [7, 11) is 0. The third-order valence-corrected chi connectivity index (χ3v) is 3.86. The summed E-state index contributed by atoms with van der Waals surface area (Å²) in [6, 6.07) is 6.18. The van der Waals surface area contributed by atoms with Crippen LogP contribution in [0.3, 0.4) is 0 Å². The number of amides is 1. The average Bonchev–Trinajstić information content (AvgIpc) is 2.59. The second-order valence-electron chi connectivity index (χ2n) is 5.53. The molecule has 1 saturated heterocycles. The summed E-state index contributed by atoms with van der Waals surface area (Å²) in [6.45, 7) is 1.83. The van der Waals surface area contributed by atoms with Crippen LogP contribution in [-0.2, 0) is 0 Å². The Hall–Kier alpha value is -2.50. The number of anilines is 2. The molecule has 1 N–H and O–H groups in total. The molecule has 0 saturated carbocycles. The van der Waals surface area contributed by atoms with Crippen LogP contribution in [-0.4, -0.2) is 24.0 Å². The van der Waals surface area contributed by atoms with E-state index in [9.17, 15) is 13.6 Å². The largest absolute Gasteiger partial charge is 0.357 e. The number of pyridine rings is 1. The fourth-order valence-corrected chi connectivity index (χ4v) is 2.64. The maximum atomic E-state index is 13.6. The maximum Gasteiger partial charge on any atom is 0.255 e. The number of nitrogens with one attached hydrogen (secondary N) is 1. The molecule has 1 aromatic carbocycles. The van der Waals surface area contributed by atoms with Gasteiger partial charge in [-0.05, 0) is 43.5 Å². The van der Waals surface area contributed by atoms with Crippen molar-refractivity contribution in [1.82, 2.24) is 4.98 Å². The van der Waals surface area contributed by atoms with E-state index in [1.54, 1.807) is 18.3 Å². The van der Waals surface area contributed by atoms with Crippen LogP contribution >= 0.6 is 0 Å². The molecule has 0 unspecified atom stereocenters. The van der Waals surface area contributed by atoms with Gasteiger partial charge in [-0.2, -0.15) is 0 Å². The van der Waals surface area contributed by atoms with Gasteiger partial charge in [0.1, 0.15) is 17.5 Å². The molecular weight excluding hydrogens is 300 g/mol. The van der Waals surface area contributed by atoms with Gasteiger partial charge in [-0.15, -0.1) is 0 Å². The topological polar surface area (TPSA) is 45.2 Å². The summed E-state index contributed by atoms with van der Waals surface area (Å²) < 4.78 is 26.8. The Morgan fingerprint density at radius 1 is 1.09 bits per heavy atom. The van der Waals surface area contributed by atoms with E-state index in [1.165, 1.54) is 6.42 Å². The van der Waals surface area contributed by atoms with Gasteiger partial charge in [0.2, 0.25) is 0 Å². The van der Waals surface area contributed by atoms with Crippen LogP contribution < -0.4 is 10.2 Å². The number of carbonyl (C=O) groups excluding carboxylic acids is 1. The zero-order valence-electron chi connectivity index (χ0n) is 12.6. The van der Waals surface area contributed by atoms with Crippen molar-refractivity contribution in [2.75, 3.05) is 23.3 Å².